The summed E-state index contributed by atoms with van der Waals surface area (Å²) in [5.41, 5.74) is 0. The van der Waals surface area contributed by atoms with Crippen molar-refractivity contribution in [1.82, 2.24) is 0 Å². The summed E-state index contributed by atoms with van der Waals surface area (Å²) in [4.78, 5) is 0. The second-order valence-corrected chi connectivity index (χ2v) is 18.1. The van der Waals surface area contributed by atoms with Crippen molar-refractivity contribution in [2.75, 3.05) is 0 Å². The fourth-order valence-electron chi connectivity index (χ4n) is 3.02. The molecule has 0 heterocycles. The molecule has 14 heavy (non-hydrogen) atoms. The third-order valence-electron chi connectivity index (χ3n) is 2.83. The average Bonchev–Trinajstić information content (AvgIpc) is 1.77. The molecule has 0 rings (SSSR count). The summed E-state index contributed by atoms with van der Waals surface area (Å²) in [6.45, 7) is 19.2. The normalized spacial score (nSPS) is 15.8. The van der Waals surface area contributed by atoms with Gasteiger partial charge in [-0.3, -0.25) is 0 Å². The number of hydrogen-bond acceptors (Lipinski definition) is 1. The van der Waals surface area contributed by atoms with Crippen molar-refractivity contribution in [3.63, 3.8) is 0 Å². The van der Waals surface area contributed by atoms with E-state index in [0.717, 1.165) is 0 Å². The molecular weight excluding hydrogens is 235 g/mol. The summed E-state index contributed by atoms with van der Waals surface area (Å²) < 4.78 is 13.2. The molecule has 0 aromatic rings. The van der Waals surface area contributed by atoms with Gasteiger partial charge in [-0.1, -0.05) is 0 Å². The Hall–Kier alpha value is 0.358. The van der Waals surface area contributed by atoms with Gasteiger partial charge in [-0.05, 0) is 0 Å². The summed E-state index contributed by atoms with van der Waals surface area (Å²) in [6, 6.07) is 0. The molecule has 0 radical (unpaired) electrons. The molecule has 2 heteroatoms. The van der Waals surface area contributed by atoms with E-state index in [9.17, 15) is 3.74 Å². The van der Waals surface area contributed by atoms with Gasteiger partial charge in [0.1, 0.15) is 0 Å². The van der Waals surface area contributed by atoms with E-state index in [1.165, 1.54) is 0 Å². The van der Waals surface area contributed by atoms with Gasteiger partial charge in [-0.15, -0.1) is 0 Å². The van der Waals surface area contributed by atoms with Gasteiger partial charge in [0.25, 0.3) is 0 Å². The molecule has 0 aliphatic rings. The Labute approximate surface area is 92.3 Å². The molecule has 0 N–H and O–H groups in total. The van der Waals surface area contributed by atoms with Crippen LogP contribution in [0.1, 0.15) is 62.3 Å². The zero-order valence-electron chi connectivity index (χ0n) is 11.4. The maximum atomic E-state index is 13.3. The molecule has 0 spiro atoms. The monoisotopic (exact) mass is 262 g/mol. The molecule has 0 atom stereocenters. The van der Waals surface area contributed by atoms with Crippen LogP contribution in [0.15, 0.2) is 0 Å². The molecule has 0 unspecified atom stereocenters. The quantitative estimate of drug-likeness (QED) is 0.575. The molecular formula is C12H27AsO. The van der Waals surface area contributed by atoms with Crippen molar-refractivity contribution in [2.24, 2.45) is 0 Å². The fourth-order valence-corrected chi connectivity index (χ4v) is 15.7. The Kier molecular flexibility index (Phi) is 3.53. The molecule has 0 aromatic carbocycles. The van der Waals surface area contributed by atoms with E-state index in [1.807, 2.05) is 0 Å². The van der Waals surface area contributed by atoms with E-state index in [-0.39, 0.29) is 12.6 Å². The van der Waals surface area contributed by atoms with Gasteiger partial charge in [0, 0.05) is 0 Å². The van der Waals surface area contributed by atoms with E-state index in [4.69, 9.17) is 0 Å². The first kappa shape index (κ1) is 14.4. The maximum absolute atomic E-state index is 13.3. The summed E-state index contributed by atoms with van der Waals surface area (Å²) >= 11 is -3.00. The Morgan fingerprint density at radius 2 is 0.714 bits per heavy atom. The van der Waals surface area contributed by atoms with Crippen LogP contribution < -0.4 is 0 Å². The Bertz CT molecular complexity index is 202. The van der Waals surface area contributed by atoms with Gasteiger partial charge in [0.15, 0.2) is 0 Å². The third-order valence-corrected chi connectivity index (χ3v) is 14.7. The minimum absolute atomic E-state index is 0.0608. The van der Waals surface area contributed by atoms with Gasteiger partial charge in [-0.2, -0.15) is 0 Å². The molecule has 0 amide bonds. The second-order valence-electron chi connectivity index (χ2n) is 7.12. The Morgan fingerprint density at radius 1 is 0.571 bits per heavy atom. The molecule has 0 saturated heterocycles. The molecule has 0 saturated carbocycles. The summed E-state index contributed by atoms with van der Waals surface area (Å²) in [7, 11) is 0. The van der Waals surface area contributed by atoms with Crippen LogP contribution in [0.2, 0.25) is 12.6 Å². The first-order valence-electron chi connectivity index (χ1n) is 5.35. The fraction of sp³-hybridized carbons (Fsp3) is 1.00. The second kappa shape index (κ2) is 3.44. The molecule has 0 aromatic heterocycles. The van der Waals surface area contributed by atoms with Crippen molar-refractivity contribution in [3.8, 4) is 0 Å². The summed E-state index contributed by atoms with van der Waals surface area (Å²) in [6.07, 6.45) is 0. The van der Waals surface area contributed by atoms with Crippen LogP contribution in [-0.4, -0.2) is 13.5 Å². The number of hydrogen-bond donors (Lipinski definition) is 0. The van der Waals surface area contributed by atoms with Gasteiger partial charge in [0.05, 0.1) is 0 Å². The number of rotatable bonds is 0. The van der Waals surface area contributed by atoms with Crippen molar-refractivity contribution in [1.29, 1.82) is 0 Å². The molecule has 86 valence electrons. The molecule has 0 bridgehead atoms. The Morgan fingerprint density at radius 3 is 0.714 bits per heavy atom. The van der Waals surface area contributed by atoms with Crippen LogP contribution in [0.5, 0.6) is 0 Å². The zero-order valence-corrected chi connectivity index (χ0v) is 13.2. The van der Waals surface area contributed by atoms with Gasteiger partial charge >= 0.3 is 92.2 Å². The molecule has 0 fully saturated rings. The van der Waals surface area contributed by atoms with E-state index in [2.05, 4.69) is 62.3 Å². The Balaban J connectivity index is 5.69. The first-order chi connectivity index (χ1) is 5.75. The van der Waals surface area contributed by atoms with Gasteiger partial charge in [0.2, 0.25) is 0 Å². The van der Waals surface area contributed by atoms with Gasteiger partial charge in [-0.25, -0.2) is 0 Å². The van der Waals surface area contributed by atoms with E-state index in [0.29, 0.717) is 0 Å². The van der Waals surface area contributed by atoms with Crippen LogP contribution >= 0.6 is 0 Å². The molecule has 0 aliphatic carbocycles. The van der Waals surface area contributed by atoms with Crippen LogP contribution in [0.25, 0.3) is 0 Å². The summed E-state index contributed by atoms with van der Waals surface area (Å²) in [5, 5.41) is 0. The van der Waals surface area contributed by atoms with Gasteiger partial charge < -0.3 is 0 Å². The van der Waals surface area contributed by atoms with Crippen molar-refractivity contribution < 1.29 is 3.74 Å². The van der Waals surface area contributed by atoms with Crippen LogP contribution in [0, 0.1) is 0 Å². The van der Waals surface area contributed by atoms with E-state index >= 15 is 0 Å². The SMILES string of the molecule is CC(C)(C)[As](=O)(C(C)(C)C)C(C)(C)C. The van der Waals surface area contributed by atoms with Crippen LogP contribution in [0.4, 0.5) is 0 Å². The zero-order chi connectivity index (χ0) is 12.0. The first-order valence-corrected chi connectivity index (χ1v) is 8.93. The van der Waals surface area contributed by atoms with E-state index < -0.39 is 13.5 Å². The summed E-state index contributed by atoms with van der Waals surface area (Å²) in [5.74, 6) is 0. The van der Waals surface area contributed by atoms with Crippen molar-refractivity contribution in [2.45, 2.75) is 74.9 Å². The van der Waals surface area contributed by atoms with E-state index in [1.54, 1.807) is 0 Å². The van der Waals surface area contributed by atoms with Crippen LogP contribution in [0.3, 0.4) is 0 Å². The average molecular weight is 262 g/mol. The van der Waals surface area contributed by atoms with Crippen LogP contribution in [-0.2, 0) is 3.74 Å². The minimum atomic E-state index is -3.00. The van der Waals surface area contributed by atoms with Crippen molar-refractivity contribution in [3.05, 3.63) is 0 Å². The predicted octanol–water partition coefficient (Wildman–Crippen LogP) is 4.76. The third kappa shape index (κ3) is 2.13. The predicted molar refractivity (Wildman–Crippen MR) is 65.6 cm³/mol. The molecule has 1 nitrogen and oxygen atoms in total. The van der Waals surface area contributed by atoms with Crippen molar-refractivity contribution >= 4 is 13.5 Å². The molecule has 0 aliphatic heterocycles. The topological polar surface area (TPSA) is 17.1 Å². The standard InChI is InChI=1S/C12H27AsO/c1-10(2,3)13(14,11(4,5)6)12(7,8)9/h1-9H3.